The van der Waals surface area contributed by atoms with Gasteiger partial charge in [0.1, 0.15) is 23.9 Å². The minimum atomic E-state index is 0.286. The van der Waals surface area contributed by atoms with E-state index in [1.165, 1.54) is 6.33 Å². The van der Waals surface area contributed by atoms with Gasteiger partial charge in [0.15, 0.2) is 0 Å². The minimum absolute atomic E-state index is 0.286. The van der Waals surface area contributed by atoms with Crippen LogP contribution in [0, 0.1) is 11.3 Å². The van der Waals surface area contributed by atoms with Crippen molar-refractivity contribution in [2.75, 3.05) is 29.4 Å². The van der Waals surface area contributed by atoms with Crippen LogP contribution in [0.3, 0.4) is 0 Å². The lowest BCUT2D eigenvalue weighted by molar-refractivity contribution is 0.545. The Bertz CT molecular complexity index is 712. The largest absolute Gasteiger partial charge is 0.368 e. The molecule has 5 nitrogen and oxygen atoms in total. The first kappa shape index (κ1) is 14.6. The highest BCUT2D eigenvalue weighted by molar-refractivity contribution is 6.30. The molecule has 2 aromatic rings. The summed E-state index contributed by atoms with van der Waals surface area (Å²) < 4.78 is 0. The molecule has 3 rings (SSSR count). The quantitative estimate of drug-likeness (QED) is 0.853. The molecule has 1 fully saturated rings. The van der Waals surface area contributed by atoms with Crippen LogP contribution >= 0.6 is 11.6 Å². The molecule has 0 bridgehead atoms. The fourth-order valence-corrected chi connectivity index (χ4v) is 2.96. The van der Waals surface area contributed by atoms with Gasteiger partial charge in [-0.3, -0.25) is 0 Å². The molecular weight excluding hydrogens is 298 g/mol. The van der Waals surface area contributed by atoms with Crippen molar-refractivity contribution in [1.29, 1.82) is 5.26 Å². The van der Waals surface area contributed by atoms with Crippen molar-refractivity contribution >= 4 is 23.1 Å². The maximum Gasteiger partial charge on any atom is 0.145 e. The van der Waals surface area contributed by atoms with E-state index in [1.54, 1.807) is 6.07 Å². The summed E-state index contributed by atoms with van der Waals surface area (Å²) in [4.78, 5) is 12.8. The van der Waals surface area contributed by atoms with Gasteiger partial charge in [0.05, 0.1) is 0 Å². The molecule has 112 valence electrons. The summed E-state index contributed by atoms with van der Waals surface area (Å²) in [5.74, 6) is 0.810. The number of hydrogen-bond donors (Lipinski definition) is 0. The maximum atomic E-state index is 8.96. The molecular formula is C16H16ClN5. The number of benzene rings is 1. The predicted octanol–water partition coefficient (Wildman–Crippen LogP) is 2.72. The van der Waals surface area contributed by atoms with Crippen LogP contribution in [0.1, 0.15) is 12.6 Å². The van der Waals surface area contributed by atoms with Crippen LogP contribution < -0.4 is 9.80 Å². The van der Waals surface area contributed by atoms with Gasteiger partial charge in [-0.25, -0.2) is 9.97 Å². The van der Waals surface area contributed by atoms with Gasteiger partial charge in [0.2, 0.25) is 0 Å². The molecule has 0 saturated carbocycles. The van der Waals surface area contributed by atoms with E-state index in [-0.39, 0.29) is 6.04 Å². The van der Waals surface area contributed by atoms with Crippen molar-refractivity contribution in [3.8, 4) is 6.07 Å². The predicted molar refractivity (Wildman–Crippen MR) is 87.2 cm³/mol. The Labute approximate surface area is 134 Å². The summed E-state index contributed by atoms with van der Waals surface area (Å²) in [6, 6.07) is 12.0. The molecule has 2 heterocycles. The SMILES string of the molecule is C[C@H]1CN(c2cccc(Cl)c2)CCN1c1cc(C#N)ncn1. The molecule has 1 aliphatic rings. The molecule has 0 amide bonds. The molecule has 1 atom stereocenters. The zero-order chi connectivity index (χ0) is 15.5. The van der Waals surface area contributed by atoms with Crippen molar-refractivity contribution in [3.63, 3.8) is 0 Å². The Morgan fingerprint density at radius 1 is 1.27 bits per heavy atom. The molecule has 1 aromatic carbocycles. The van der Waals surface area contributed by atoms with E-state index in [0.717, 1.165) is 36.2 Å². The third kappa shape index (κ3) is 2.97. The van der Waals surface area contributed by atoms with E-state index in [1.807, 2.05) is 18.2 Å². The first-order valence-electron chi connectivity index (χ1n) is 7.16. The number of rotatable bonds is 2. The van der Waals surface area contributed by atoms with Crippen LogP contribution in [0.25, 0.3) is 0 Å². The Morgan fingerprint density at radius 2 is 2.14 bits per heavy atom. The van der Waals surface area contributed by atoms with Gasteiger partial charge in [-0.05, 0) is 25.1 Å². The summed E-state index contributed by atoms with van der Waals surface area (Å²) >= 11 is 6.07. The monoisotopic (exact) mass is 313 g/mol. The number of piperazine rings is 1. The molecule has 6 heteroatoms. The van der Waals surface area contributed by atoms with Gasteiger partial charge in [-0.2, -0.15) is 5.26 Å². The second-order valence-corrected chi connectivity index (χ2v) is 5.78. The Hall–Kier alpha value is -2.32. The van der Waals surface area contributed by atoms with Crippen LogP contribution in [-0.2, 0) is 0 Å². The van der Waals surface area contributed by atoms with Crippen molar-refractivity contribution in [2.45, 2.75) is 13.0 Å². The fourth-order valence-electron chi connectivity index (χ4n) is 2.77. The average molecular weight is 314 g/mol. The maximum absolute atomic E-state index is 8.96. The minimum Gasteiger partial charge on any atom is -0.368 e. The van der Waals surface area contributed by atoms with Gasteiger partial charge in [0.25, 0.3) is 0 Å². The zero-order valence-electron chi connectivity index (χ0n) is 12.3. The number of aromatic nitrogens is 2. The first-order valence-corrected chi connectivity index (χ1v) is 7.54. The van der Waals surface area contributed by atoms with Gasteiger partial charge in [0, 0.05) is 42.5 Å². The molecule has 1 saturated heterocycles. The fraction of sp³-hybridized carbons (Fsp3) is 0.312. The summed E-state index contributed by atoms with van der Waals surface area (Å²) in [6.07, 6.45) is 1.45. The lowest BCUT2D eigenvalue weighted by Crippen LogP contribution is -2.52. The van der Waals surface area contributed by atoms with Crippen LogP contribution in [-0.4, -0.2) is 35.6 Å². The number of nitrogens with zero attached hydrogens (tertiary/aromatic N) is 5. The van der Waals surface area contributed by atoms with E-state index < -0.39 is 0 Å². The number of anilines is 2. The first-order chi connectivity index (χ1) is 10.7. The Balaban J connectivity index is 1.76. The smallest absolute Gasteiger partial charge is 0.145 e. The molecule has 1 aliphatic heterocycles. The Morgan fingerprint density at radius 3 is 2.86 bits per heavy atom. The van der Waals surface area contributed by atoms with E-state index in [0.29, 0.717) is 5.69 Å². The van der Waals surface area contributed by atoms with Gasteiger partial charge < -0.3 is 9.80 Å². The van der Waals surface area contributed by atoms with E-state index >= 15 is 0 Å². The zero-order valence-corrected chi connectivity index (χ0v) is 13.0. The number of nitriles is 1. The van der Waals surface area contributed by atoms with Crippen LogP contribution in [0.5, 0.6) is 0 Å². The van der Waals surface area contributed by atoms with Gasteiger partial charge >= 0.3 is 0 Å². The summed E-state index contributed by atoms with van der Waals surface area (Å²) in [6.45, 7) is 4.77. The molecule has 0 spiro atoms. The molecule has 0 N–H and O–H groups in total. The summed E-state index contributed by atoms with van der Waals surface area (Å²) in [7, 11) is 0. The second-order valence-electron chi connectivity index (χ2n) is 5.34. The third-order valence-corrected chi connectivity index (χ3v) is 4.10. The topological polar surface area (TPSA) is 56.0 Å². The molecule has 22 heavy (non-hydrogen) atoms. The highest BCUT2D eigenvalue weighted by Crippen LogP contribution is 2.24. The number of halogens is 1. The standard InChI is InChI=1S/C16H16ClN5/c1-12-10-21(15-4-2-3-13(17)7-15)5-6-22(12)16-8-14(9-18)19-11-20-16/h2-4,7-8,11-12H,5-6,10H2,1H3/t12-/m0/s1. The molecule has 1 aromatic heterocycles. The van der Waals surface area contributed by atoms with Crippen molar-refractivity contribution in [1.82, 2.24) is 9.97 Å². The van der Waals surface area contributed by atoms with Crippen molar-refractivity contribution < 1.29 is 0 Å². The Kier molecular flexibility index (Phi) is 4.12. The van der Waals surface area contributed by atoms with Crippen molar-refractivity contribution in [2.24, 2.45) is 0 Å². The molecule has 0 aliphatic carbocycles. The molecule has 0 radical (unpaired) electrons. The highest BCUT2D eigenvalue weighted by atomic mass is 35.5. The van der Waals surface area contributed by atoms with Crippen molar-refractivity contribution in [3.05, 3.63) is 47.4 Å². The van der Waals surface area contributed by atoms with E-state index in [4.69, 9.17) is 16.9 Å². The summed E-state index contributed by atoms with van der Waals surface area (Å²) in [5, 5.41) is 9.72. The highest BCUT2D eigenvalue weighted by Gasteiger charge is 2.25. The number of hydrogen-bond acceptors (Lipinski definition) is 5. The van der Waals surface area contributed by atoms with Gasteiger partial charge in [-0.1, -0.05) is 17.7 Å². The normalized spacial score (nSPS) is 18.1. The molecule has 0 unspecified atom stereocenters. The second kappa shape index (κ2) is 6.20. The third-order valence-electron chi connectivity index (χ3n) is 3.86. The van der Waals surface area contributed by atoms with E-state index in [9.17, 15) is 0 Å². The lowest BCUT2D eigenvalue weighted by Gasteiger charge is -2.41. The lowest BCUT2D eigenvalue weighted by atomic mass is 10.1. The van der Waals surface area contributed by atoms with Crippen LogP contribution in [0.2, 0.25) is 5.02 Å². The van der Waals surface area contributed by atoms with Gasteiger partial charge in [-0.15, -0.1) is 0 Å². The van der Waals surface area contributed by atoms with E-state index in [2.05, 4.69) is 38.8 Å². The average Bonchev–Trinajstić information content (AvgIpc) is 2.55. The van der Waals surface area contributed by atoms with Crippen LogP contribution in [0.15, 0.2) is 36.7 Å². The van der Waals surface area contributed by atoms with Crippen LogP contribution in [0.4, 0.5) is 11.5 Å². The summed E-state index contributed by atoms with van der Waals surface area (Å²) in [5.41, 5.74) is 1.54.